The molecule has 0 fully saturated rings. The van der Waals surface area contributed by atoms with Crippen molar-refractivity contribution in [2.45, 2.75) is 25.9 Å². The first-order chi connectivity index (χ1) is 7.08. The highest BCUT2D eigenvalue weighted by atomic mass is 16.3. The van der Waals surface area contributed by atoms with Crippen molar-refractivity contribution in [3.8, 4) is 0 Å². The molecule has 0 saturated heterocycles. The van der Waals surface area contributed by atoms with Crippen LogP contribution in [0.2, 0.25) is 0 Å². The third-order valence-corrected chi connectivity index (χ3v) is 2.46. The van der Waals surface area contributed by atoms with Crippen molar-refractivity contribution in [3.05, 3.63) is 23.9 Å². The molecular weight excluding hydrogens is 190 g/mol. The standard InChI is InChI=1S/C11H19N3O/c1-3-13-8-6-11(2,15)9-5-4-7-14-10(9)12/h4-5,7,13,15H,3,6,8H2,1-2H3,(H2,12,14). The van der Waals surface area contributed by atoms with Crippen LogP contribution in [0.25, 0.3) is 0 Å². The van der Waals surface area contributed by atoms with Crippen LogP contribution in [0.4, 0.5) is 5.82 Å². The molecule has 0 bridgehead atoms. The van der Waals surface area contributed by atoms with E-state index in [1.165, 1.54) is 0 Å². The van der Waals surface area contributed by atoms with Gasteiger partial charge >= 0.3 is 0 Å². The minimum absolute atomic E-state index is 0.402. The van der Waals surface area contributed by atoms with Gasteiger partial charge in [-0.25, -0.2) is 4.98 Å². The van der Waals surface area contributed by atoms with Crippen LogP contribution in [0, 0.1) is 0 Å². The molecule has 1 rings (SSSR count). The molecule has 0 radical (unpaired) electrons. The van der Waals surface area contributed by atoms with Crippen molar-refractivity contribution in [3.63, 3.8) is 0 Å². The van der Waals surface area contributed by atoms with E-state index in [4.69, 9.17) is 5.73 Å². The molecule has 4 heteroatoms. The average molecular weight is 209 g/mol. The van der Waals surface area contributed by atoms with Crippen LogP contribution < -0.4 is 11.1 Å². The van der Waals surface area contributed by atoms with Crippen molar-refractivity contribution >= 4 is 5.82 Å². The summed E-state index contributed by atoms with van der Waals surface area (Å²) in [5.74, 6) is 0.402. The Morgan fingerprint density at radius 1 is 1.60 bits per heavy atom. The predicted octanol–water partition coefficient (Wildman–Crippen LogP) is 0.871. The lowest BCUT2D eigenvalue weighted by Crippen LogP contribution is -2.28. The average Bonchev–Trinajstić information content (AvgIpc) is 2.18. The molecule has 0 saturated carbocycles. The number of anilines is 1. The van der Waals surface area contributed by atoms with Crippen LogP contribution in [0.5, 0.6) is 0 Å². The summed E-state index contributed by atoms with van der Waals surface area (Å²) in [6.07, 6.45) is 2.25. The van der Waals surface area contributed by atoms with E-state index in [9.17, 15) is 5.11 Å². The summed E-state index contributed by atoms with van der Waals surface area (Å²) in [6, 6.07) is 3.60. The fraction of sp³-hybridized carbons (Fsp3) is 0.545. The lowest BCUT2D eigenvalue weighted by Gasteiger charge is -2.24. The van der Waals surface area contributed by atoms with Gasteiger partial charge in [-0.2, -0.15) is 0 Å². The molecule has 1 aromatic rings. The van der Waals surface area contributed by atoms with Gasteiger partial charge in [0.2, 0.25) is 0 Å². The number of hydrogen-bond donors (Lipinski definition) is 3. The van der Waals surface area contributed by atoms with Gasteiger partial charge < -0.3 is 16.2 Å². The summed E-state index contributed by atoms with van der Waals surface area (Å²) in [4.78, 5) is 3.97. The van der Waals surface area contributed by atoms with E-state index in [-0.39, 0.29) is 0 Å². The zero-order valence-corrected chi connectivity index (χ0v) is 9.33. The minimum atomic E-state index is -0.916. The second-order valence-corrected chi connectivity index (χ2v) is 3.81. The number of aromatic nitrogens is 1. The molecule has 1 unspecified atom stereocenters. The second-order valence-electron chi connectivity index (χ2n) is 3.81. The number of aliphatic hydroxyl groups is 1. The molecular formula is C11H19N3O. The number of hydrogen-bond acceptors (Lipinski definition) is 4. The van der Waals surface area contributed by atoms with Crippen LogP contribution in [-0.2, 0) is 5.60 Å². The summed E-state index contributed by atoms with van der Waals surface area (Å²) in [6.45, 7) is 5.46. The van der Waals surface area contributed by atoms with Crippen LogP contribution in [0.15, 0.2) is 18.3 Å². The van der Waals surface area contributed by atoms with Gasteiger partial charge in [0.15, 0.2) is 0 Å². The van der Waals surface area contributed by atoms with Crippen LogP contribution in [0.1, 0.15) is 25.8 Å². The fourth-order valence-corrected chi connectivity index (χ4v) is 1.52. The van der Waals surface area contributed by atoms with Crippen molar-refractivity contribution in [2.24, 2.45) is 0 Å². The molecule has 0 aliphatic rings. The number of nitrogens with one attached hydrogen (secondary N) is 1. The zero-order chi connectivity index (χ0) is 11.3. The summed E-state index contributed by atoms with van der Waals surface area (Å²) >= 11 is 0. The van der Waals surface area contributed by atoms with Gasteiger partial charge in [0.05, 0.1) is 5.60 Å². The summed E-state index contributed by atoms with van der Waals surface area (Å²) in [7, 11) is 0. The van der Waals surface area contributed by atoms with E-state index in [1.54, 1.807) is 19.2 Å². The molecule has 1 atom stereocenters. The first-order valence-corrected chi connectivity index (χ1v) is 5.22. The molecule has 0 amide bonds. The molecule has 0 aliphatic carbocycles. The third-order valence-electron chi connectivity index (χ3n) is 2.46. The SMILES string of the molecule is CCNCCC(C)(O)c1cccnc1N. The largest absolute Gasteiger partial charge is 0.385 e. The first-order valence-electron chi connectivity index (χ1n) is 5.22. The zero-order valence-electron chi connectivity index (χ0n) is 9.33. The minimum Gasteiger partial charge on any atom is -0.385 e. The predicted molar refractivity (Wildman–Crippen MR) is 61.4 cm³/mol. The van der Waals surface area contributed by atoms with Crippen molar-refractivity contribution < 1.29 is 5.11 Å². The molecule has 0 aliphatic heterocycles. The number of nitrogens with zero attached hydrogens (tertiary/aromatic N) is 1. The quantitative estimate of drug-likeness (QED) is 0.629. The summed E-state index contributed by atoms with van der Waals surface area (Å²) in [5, 5.41) is 13.4. The Hall–Kier alpha value is -1.13. The van der Waals surface area contributed by atoms with Crippen molar-refractivity contribution in [2.75, 3.05) is 18.8 Å². The van der Waals surface area contributed by atoms with Crippen LogP contribution >= 0.6 is 0 Å². The Bertz CT molecular complexity index is 312. The first kappa shape index (κ1) is 11.9. The second kappa shape index (κ2) is 5.09. The van der Waals surface area contributed by atoms with Crippen molar-refractivity contribution in [1.82, 2.24) is 10.3 Å². The number of rotatable bonds is 5. The monoisotopic (exact) mass is 209 g/mol. The lowest BCUT2D eigenvalue weighted by molar-refractivity contribution is 0.0487. The summed E-state index contributed by atoms with van der Waals surface area (Å²) in [5.41, 5.74) is 5.50. The van der Waals surface area contributed by atoms with Gasteiger partial charge in [0.25, 0.3) is 0 Å². The normalized spacial score (nSPS) is 14.9. The molecule has 0 spiro atoms. The Morgan fingerprint density at radius 3 is 2.93 bits per heavy atom. The van der Waals surface area contributed by atoms with Gasteiger partial charge in [-0.3, -0.25) is 0 Å². The molecule has 1 heterocycles. The number of nitrogens with two attached hydrogens (primary N) is 1. The molecule has 4 nitrogen and oxygen atoms in total. The molecule has 15 heavy (non-hydrogen) atoms. The van der Waals surface area contributed by atoms with E-state index >= 15 is 0 Å². The van der Waals surface area contributed by atoms with Crippen LogP contribution in [-0.4, -0.2) is 23.2 Å². The lowest BCUT2D eigenvalue weighted by atomic mass is 9.93. The van der Waals surface area contributed by atoms with E-state index in [0.29, 0.717) is 17.8 Å². The smallest absolute Gasteiger partial charge is 0.129 e. The highest BCUT2D eigenvalue weighted by Crippen LogP contribution is 2.27. The van der Waals surface area contributed by atoms with Gasteiger partial charge in [-0.05, 0) is 32.5 Å². The van der Waals surface area contributed by atoms with E-state index < -0.39 is 5.60 Å². The Labute approximate surface area is 90.5 Å². The van der Waals surface area contributed by atoms with Gasteiger partial charge in [-0.15, -0.1) is 0 Å². The van der Waals surface area contributed by atoms with Gasteiger partial charge in [0.1, 0.15) is 5.82 Å². The van der Waals surface area contributed by atoms with Crippen molar-refractivity contribution in [1.29, 1.82) is 0 Å². The Balaban J connectivity index is 2.72. The third kappa shape index (κ3) is 3.18. The Kier molecular flexibility index (Phi) is 4.05. The molecule has 1 aromatic heterocycles. The van der Waals surface area contributed by atoms with E-state index in [0.717, 1.165) is 13.1 Å². The highest BCUT2D eigenvalue weighted by molar-refractivity contribution is 5.42. The maximum Gasteiger partial charge on any atom is 0.129 e. The van der Waals surface area contributed by atoms with Gasteiger partial charge in [-0.1, -0.05) is 13.0 Å². The highest BCUT2D eigenvalue weighted by Gasteiger charge is 2.24. The molecule has 0 aromatic carbocycles. The van der Waals surface area contributed by atoms with Gasteiger partial charge in [0, 0.05) is 11.8 Å². The number of pyridine rings is 1. The maximum atomic E-state index is 10.2. The summed E-state index contributed by atoms with van der Waals surface area (Å²) < 4.78 is 0. The maximum absolute atomic E-state index is 10.2. The van der Waals surface area contributed by atoms with E-state index in [1.807, 2.05) is 13.0 Å². The Morgan fingerprint density at radius 2 is 2.33 bits per heavy atom. The molecule has 84 valence electrons. The van der Waals surface area contributed by atoms with Crippen LogP contribution in [0.3, 0.4) is 0 Å². The van der Waals surface area contributed by atoms with E-state index in [2.05, 4.69) is 10.3 Å². The topological polar surface area (TPSA) is 71.2 Å². The molecule has 4 N–H and O–H groups in total. The fourth-order valence-electron chi connectivity index (χ4n) is 1.52. The number of nitrogen functional groups attached to an aromatic ring is 1.